The summed E-state index contributed by atoms with van der Waals surface area (Å²) in [6, 6.07) is 0.491. The van der Waals surface area contributed by atoms with Crippen LogP contribution >= 0.6 is 0 Å². The molecular formula is C12H21NO. The monoisotopic (exact) mass is 195 g/mol. The van der Waals surface area contributed by atoms with Crippen LogP contribution < -0.4 is 5.32 Å². The summed E-state index contributed by atoms with van der Waals surface area (Å²) < 4.78 is 5.70. The molecule has 1 fully saturated rings. The molecule has 0 aromatic heterocycles. The Kier molecular flexibility index (Phi) is 5.66. The highest BCUT2D eigenvalue weighted by atomic mass is 16.5. The molecule has 2 atom stereocenters. The van der Waals surface area contributed by atoms with Crippen molar-refractivity contribution >= 4 is 0 Å². The fourth-order valence-electron chi connectivity index (χ4n) is 1.84. The Bertz CT molecular complexity index is 198. The Morgan fingerprint density at radius 2 is 2.36 bits per heavy atom. The zero-order valence-electron chi connectivity index (χ0n) is 9.31. The molecule has 0 amide bonds. The molecule has 1 aliphatic rings. The van der Waals surface area contributed by atoms with E-state index in [2.05, 4.69) is 17.2 Å². The third kappa shape index (κ3) is 4.13. The molecule has 1 saturated heterocycles. The van der Waals surface area contributed by atoms with E-state index in [-0.39, 0.29) is 0 Å². The van der Waals surface area contributed by atoms with Crippen LogP contribution in [0.25, 0.3) is 0 Å². The van der Waals surface area contributed by atoms with E-state index in [9.17, 15) is 0 Å². The summed E-state index contributed by atoms with van der Waals surface area (Å²) in [5.74, 6) is 6.06. The van der Waals surface area contributed by atoms with E-state index in [0.717, 1.165) is 19.4 Å². The van der Waals surface area contributed by atoms with Crippen LogP contribution in [0.15, 0.2) is 0 Å². The molecule has 80 valence electrons. The van der Waals surface area contributed by atoms with Crippen LogP contribution in [0.3, 0.4) is 0 Å². The minimum absolute atomic E-state index is 0.458. The summed E-state index contributed by atoms with van der Waals surface area (Å²) in [5, 5.41) is 3.30. The molecule has 0 saturated carbocycles. The van der Waals surface area contributed by atoms with Gasteiger partial charge in [0, 0.05) is 19.1 Å². The van der Waals surface area contributed by atoms with Crippen molar-refractivity contribution in [2.45, 2.75) is 51.2 Å². The molecular weight excluding hydrogens is 174 g/mol. The van der Waals surface area contributed by atoms with Gasteiger partial charge in [0.1, 0.15) is 0 Å². The molecule has 2 heteroatoms. The number of hydrogen-bond acceptors (Lipinski definition) is 2. The summed E-state index contributed by atoms with van der Waals surface area (Å²) in [6.07, 6.45) is 6.27. The van der Waals surface area contributed by atoms with E-state index < -0.39 is 0 Å². The maximum Gasteiger partial charge on any atom is 0.0590 e. The van der Waals surface area contributed by atoms with Crippen molar-refractivity contribution in [2.75, 3.05) is 13.7 Å². The van der Waals surface area contributed by atoms with Gasteiger partial charge < -0.3 is 10.1 Å². The lowest BCUT2D eigenvalue weighted by Gasteiger charge is -2.26. The molecule has 0 aliphatic carbocycles. The molecule has 1 N–H and O–H groups in total. The highest BCUT2D eigenvalue weighted by molar-refractivity contribution is 4.98. The zero-order valence-corrected chi connectivity index (χ0v) is 9.31. The van der Waals surface area contributed by atoms with Gasteiger partial charge >= 0.3 is 0 Å². The summed E-state index contributed by atoms with van der Waals surface area (Å²) in [5.41, 5.74) is 0. The lowest BCUT2D eigenvalue weighted by Crippen LogP contribution is -2.32. The van der Waals surface area contributed by atoms with Gasteiger partial charge in [0.25, 0.3) is 0 Å². The highest BCUT2D eigenvalue weighted by Gasteiger charge is 2.17. The van der Waals surface area contributed by atoms with E-state index in [4.69, 9.17) is 4.74 Å². The minimum atomic E-state index is 0.458. The molecule has 14 heavy (non-hydrogen) atoms. The first-order chi connectivity index (χ1) is 6.86. The zero-order chi connectivity index (χ0) is 10.2. The quantitative estimate of drug-likeness (QED) is 0.692. The number of hydrogen-bond donors (Lipinski definition) is 1. The first-order valence-corrected chi connectivity index (χ1v) is 5.55. The van der Waals surface area contributed by atoms with E-state index in [1.807, 2.05) is 14.0 Å². The first kappa shape index (κ1) is 11.6. The maximum absolute atomic E-state index is 5.70. The van der Waals surface area contributed by atoms with Gasteiger partial charge in [-0.25, -0.2) is 0 Å². The van der Waals surface area contributed by atoms with Crippen molar-refractivity contribution in [1.82, 2.24) is 5.32 Å². The van der Waals surface area contributed by atoms with E-state index >= 15 is 0 Å². The predicted molar refractivity (Wildman–Crippen MR) is 59.1 cm³/mol. The van der Waals surface area contributed by atoms with Crippen molar-refractivity contribution in [3.63, 3.8) is 0 Å². The average Bonchev–Trinajstić information content (AvgIpc) is 2.25. The summed E-state index contributed by atoms with van der Waals surface area (Å²) in [7, 11) is 2.00. The normalized spacial score (nSPS) is 23.7. The summed E-state index contributed by atoms with van der Waals surface area (Å²) in [4.78, 5) is 0. The SMILES string of the molecule is CC#CCC(CC1CCCCO1)NC. The molecule has 0 spiro atoms. The average molecular weight is 195 g/mol. The number of ether oxygens (including phenoxy) is 1. The van der Waals surface area contributed by atoms with Crippen molar-refractivity contribution in [2.24, 2.45) is 0 Å². The van der Waals surface area contributed by atoms with Crippen molar-refractivity contribution < 1.29 is 4.74 Å². The lowest BCUT2D eigenvalue weighted by atomic mass is 10.0. The highest BCUT2D eigenvalue weighted by Crippen LogP contribution is 2.17. The second kappa shape index (κ2) is 6.86. The second-order valence-electron chi connectivity index (χ2n) is 3.84. The largest absolute Gasteiger partial charge is 0.378 e. The second-order valence-corrected chi connectivity index (χ2v) is 3.84. The van der Waals surface area contributed by atoms with E-state index in [1.165, 1.54) is 19.3 Å². The Morgan fingerprint density at radius 1 is 1.50 bits per heavy atom. The van der Waals surface area contributed by atoms with Gasteiger partial charge in [-0.2, -0.15) is 0 Å². The Balaban J connectivity index is 2.25. The third-order valence-electron chi connectivity index (χ3n) is 2.75. The molecule has 0 aromatic rings. The van der Waals surface area contributed by atoms with Crippen molar-refractivity contribution in [3.05, 3.63) is 0 Å². The van der Waals surface area contributed by atoms with Gasteiger partial charge in [0.05, 0.1) is 6.10 Å². The van der Waals surface area contributed by atoms with Crippen molar-refractivity contribution in [1.29, 1.82) is 0 Å². The maximum atomic E-state index is 5.70. The fourth-order valence-corrected chi connectivity index (χ4v) is 1.84. The van der Waals surface area contributed by atoms with Crippen LogP contribution in [-0.4, -0.2) is 25.8 Å². The summed E-state index contributed by atoms with van der Waals surface area (Å²) in [6.45, 7) is 2.84. The van der Waals surface area contributed by atoms with Crippen LogP contribution in [0.4, 0.5) is 0 Å². The topological polar surface area (TPSA) is 21.3 Å². The summed E-state index contributed by atoms with van der Waals surface area (Å²) >= 11 is 0. The Labute approximate surface area is 87.4 Å². The fraction of sp³-hybridized carbons (Fsp3) is 0.833. The number of nitrogens with one attached hydrogen (secondary N) is 1. The molecule has 1 rings (SSSR count). The van der Waals surface area contributed by atoms with Crippen molar-refractivity contribution in [3.8, 4) is 11.8 Å². The molecule has 1 aliphatic heterocycles. The van der Waals surface area contributed by atoms with Crippen LogP contribution in [0.5, 0.6) is 0 Å². The van der Waals surface area contributed by atoms with Crippen LogP contribution in [0.2, 0.25) is 0 Å². The molecule has 2 nitrogen and oxygen atoms in total. The van der Waals surface area contributed by atoms with Gasteiger partial charge in [-0.1, -0.05) is 0 Å². The molecule has 2 unspecified atom stereocenters. The lowest BCUT2D eigenvalue weighted by molar-refractivity contribution is 0.00595. The van der Waals surface area contributed by atoms with Gasteiger partial charge in [-0.3, -0.25) is 0 Å². The van der Waals surface area contributed by atoms with Crippen LogP contribution in [0.1, 0.15) is 39.0 Å². The first-order valence-electron chi connectivity index (χ1n) is 5.55. The molecule has 0 radical (unpaired) electrons. The molecule has 0 aromatic carbocycles. The van der Waals surface area contributed by atoms with E-state index in [0.29, 0.717) is 12.1 Å². The van der Waals surface area contributed by atoms with Crippen LogP contribution in [-0.2, 0) is 4.74 Å². The van der Waals surface area contributed by atoms with Gasteiger partial charge in [0.2, 0.25) is 0 Å². The van der Waals surface area contributed by atoms with Gasteiger partial charge in [-0.05, 0) is 39.7 Å². The van der Waals surface area contributed by atoms with Gasteiger partial charge in [0.15, 0.2) is 0 Å². The third-order valence-corrected chi connectivity index (χ3v) is 2.75. The smallest absolute Gasteiger partial charge is 0.0590 e. The Morgan fingerprint density at radius 3 is 2.93 bits per heavy atom. The predicted octanol–water partition coefficient (Wildman–Crippen LogP) is 1.95. The standard InChI is InChI=1S/C12H21NO/c1-3-4-7-11(13-2)10-12-8-5-6-9-14-12/h11-13H,5-10H2,1-2H3. The number of rotatable bonds is 4. The molecule has 1 heterocycles. The molecule has 0 bridgehead atoms. The van der Waals surface area contributed by atoms with Gasteiger partial charge in [-0.15, -0.1) is 11.8 Å². The Hall–Kier alpha value is -0.520. The van der Waals surface area contributed by atoms with Crippen LogP contribution in [0, 0.1) is 11.8 Å². The minimum Gasteiger partial charge on any atom is -0.378 e. The van der Waals surface area contributed by atoms with E-state index in [1.54, 1.807) is 0 Å².